The molecule has 0 radical (unpaired) electrons. The summed E-state index contributed by atoms with van der Waals surface area (Å²) in [4.78, 5) is 4.48. The molecule has 0 bridgehead atoms. The number of aliphatic hydroxyl groups is 1. The third-order valence-corrected chi connectivity index (χ3v) is 4.31. The van der Waals surface area contributed by atoms with E-state index in [0.717, 1.165) is 17.2 Å². The van der Waals surface area contributed by atoms with Crippen LogP contribution in [0, 0.1) is 17.1 Å². The number of rotatable bonds is 7. The zero-order valence-corrected chi connectivity index (χ0v) is 15.0. The Balaban J connectivity index is 2.20. The van der Waals surface area contributed by atoms with Gasteiger partial charge in [0.15, 0.2) is 5.69 Å². The Morgan fingerprint density at radius 3 is 2.74 bits per heavy atom. The molecule has 27 heavy (non-hydrogen) atoms. The fourth-order valence-corrected chi connectivity index (χ4v) is 3.01. The summed E-state index contributed by atoms with van der Waals surface area (Å²) in [5.74, 6) is 0.849. The Hall–Kier alpha value is -3.17. The summed E-state index contributed by atoms with van der Waals surface area (Å²) in [5.41, 5.74) is 1.38. The van der Waals surface area contributed by atoms with Gasteiger partial charge < -0.3 is 15.2 Å². The molecule has 3 aromatic rings. The van der Waals surface area contributed by atoms with E-state index < -0.39 is 0 Å². The average molecular weight is 365 g/mol. The lowest BCUT2D eigenvalue weighted by Crippen LogP contribution is -2.06. The average Bonchev–Trinajstić information content (AvgIpc) is 2.70. The zero-order valence-electron chi connectivity index (χ0n) is 15.0. The predicted molar refractivity (Wildman–Crippen MR) is 103 cm³/mol. The normalized spacial score (nSPS) is 10.6. The highest BCUT2D eigenvalue weighted by Gasteiger charge is 2.17. The van der Waals surface area contributed by atoms with Crippen LogP contribution in [0.1, 0.15) is 18.5 Å². The summed E-state index contributed by atoms with van der Waals surface area (Å²) in [5, 5.41) is 23.4. The minimum Gasteiger partial charge on any atom is -0.497 e. The molecule has 0 aliphatic carbocycles. The van der Waals surface area contributed by atoms with Crippen LogP contribution in [-0.4, -0.2) is 30.4 Å². The Labute approximate surface area is 157 Å². The fraction of sp³-hybridized carbons (Fsp3) is 0.238. The molecule has 138 valence electrons. The first-order valence-corrected chi connectivity index (χ1v) is 8.70. The molecule has 0 fully saturated rings. The van der Waals surface area contributed by atoms with Crippen LogP contribution in [0.4, 0.5) is 10.2 Å². The summed E-state index contributed by atoms with van der Waals surface area (Å²) < 4.78 is 19.1. The van der Waals surface area contributed by atoms with E-state index in [1.165, 1.54) is 12.1 Å². The van der Waals surface area contributed by atoms with E-state index in [1.807, 2.05) is 18.2 Å². The van der Waals surface area contributed by atoms with Crippen LogP contribution < -0.4 is 10.1 Å². The van der Waals surface area contributed by atoms with E-state index in [-0.39, 0.29) is 18.1 Å². The van der Waals surface area contributed by atoms with E-state index in [9.17, 15) is 9.65 Å². The van der Waals surface area contributed by atoms with Gasteiger partial charge in [-0.3, -0.25) is 0 Å². The number of fused-ring (bicyclic) bond motifs is 1. The number of halogens is 1. The lowest BCUT2D eigenvalue weighted by molar-refractivity contribution is 0.286. The number of aromatic nitrogens is 1. The molecule has 6 heteroatoms. The molecule has 5 nitrogen and oxygen atoms in total. The van der Waals surface area contributed by atoms with Gasteiger partial charge in [-0.1, -0.05) is 12.1 Å². The third-order valence-electron chi connectivity index (χ3n) is 4.31. The molecular weight excluding hydrogens is 345 g/mol. The lowest BCUT2D eigenvalue weighted by Gasteiger charge is -2.15. The largest absolute Gasteiger partial charge is 0.497 e. The monoisotopic (exact) mass is 365 g/mol. The van der Waals surface area contributed by atoms with Gasteiger partial charge in [-0.25, -0.2) is 9.37 Å². The van der Waals surface area contributed by atoms with Crippen molar-refractivity contribution in [3.63, 3.8) is 0 Å². The van der Waals surface area contributed by atoms with Gasteiger partial charge in [0.1, 0.15) is 23.5 Å². The number of aliphatic hydroxyl groups excluding tert-OH is 1. The minimum absolute atomic E-state index is 0.134. The summed E-state index contributed by atoms with van der Waals surface area (Å²) in [6.07, 6.45) is 1.47. The predicted octanol–water partition coefficient (Wildman–Crippen LogP) is 4.11. The molecule has 0 amide bonds. The highest BCUT2D eigenvalue weighted by atomic mass is 19.1. The van der Waals surface area contributed by atoms with E-state index in [4.69, 9.17) is 9.84 Å². The smallest absolute Gasteiger partial charge is 0.151 e. The van der Waals surface area contributed by atoms with E-state index in [2.05, 4.69) is 16.4 Å². The van der Waals surface area contributed by atoms with Crippen molar-refractivity contribution in [1.82, 2.24) is 4.98 Å². The van der Waals surface area contributed by atoms with Crippen LogP contribution in [0.3, 0.4) is 0 Å². The summed E-state index contributed by atoms with van der Waals surface area (Å²) in [6, 6.07) is 13.8. The van der Waals surface area contributed by atoms with Gasteiger partial charge in [-0.05, 0) is 54.1 Å². The van der Waals surface area contributed by atoms with Gasteiger partial charge in [0.2, 0.25) is 0 Å². The van der Waals surface area contributed by atoms with E-state index in [0.29, 0.717) is 35.7 Å². The molecular formula is C21H20FN3O2. The molecule has 0 atom stereocenters. The van der Waals surface area contributed by atoms with Crippen LogP contribution in [0.5, 0.6) is 5.75 Å². The number of nitrogens with one attached hydrogen (secondary N) is 1. The number of ether oxygens (including phenoxy) is 1. The van der Waals surface area contributed by atoms with Gasteiger partial charge in [0.05, 0.1) is 7.11 Å². The molecule has 3 rings (SSSR count). The molecule has 0 spiro atoms. The van der Waals surface area contributed by atoms with Crippen molar-refractivity contribution >= 4 is 16.6 Å². The molecule has 0 saturated heterocycles. The highest BCUT2D eigenvalue weighted by Crippen LogP contribution is 2.36. The lowest BCUT2D eigenvalue weighted by atomic mass is 9.96. The summed E-state index contributed by atoms with van der Waals surface area (Å²) in [7, 11) is 1.57. The third kappa shape index (κ3) is 3.99. The molecule has 1 aromatic heterocycles. The van der Waals surface area contributed by atoms with Crippen molar-refractivity contribution in [1.29, 1.82) is 5.26 Å². The first-order valence-electron chi connectivity index (χ1n) is 8.70. The quantitative estimate of drug-likeness (QED) is 0.616. The Morgan fingerprint density at radius 2 is 2.04 bits per heavy atom. The maximum Gasteiger partial charge on any atom is 0.151 e. The van der Waals surface area contributed by atoms with Crippen LogP contribution in [-0.2, 0) is 0 Å². The number of benzene rings is 2. The van der Waals surface area contributed by atoms with Crippen molar-refractivity contribution in [2.75, 3.05) is 25.6 Å². The Morgan fingerprint density at radius 1 is 1.19 bits per heavy atom. The maximum atomic E-state index is 13.8. The molecule has 0 saturated carbocycles. The number of methoxy groups -OCH3 is 1. The number of nitrogens with zero attached hydrogens (tertiary/aromatic N) is 2. The zero-order chi connectivity index (χ0) is 19.2. The van der Waals surface area contributed by atoms with Crippen LogP contribution in [0.15, 0.2) is 42.5 Å². The second-order valence-electron chi connectivity index (χ2n) is 6.08. The molecule has 1 heterocycles. The SMILES string of the molecule is COc1ccc2c(NCCCCO)nc(C#N)c(-c3cccc(F)c3)c2c1. The maximum absolute atomic E-state index is 13.8. The van der Waals surface area contributed by atoms with Crippen LogP contribution in [0.2, 0.25) is 0 Å². The second kappa shape index (κ2) is 8.47. The van der Waals surface area contributed by atoms with Crippen molar-refractivity contribution < 1.29 is 14.2 Å². The van der Waals surface area contributed by atoms with E-state index in [1.54, 1.807) is 19.2 Å². The number of unbranched alkanes of at least 4 members (excludes halogenated alkanes) is 1. The Bertz CT molecular complexity index is 999. The van der Waals surface area contributed by atoms with Crippen LogP contribution in [0.25, 0.3) is 21.9 Å². The first kappa shape index (κ1) is 18.6. The van der Waals surface area contributed by atoms with Gasteiger partial charge in [0.25, 0.3) is 0 Å². The van der Waals surface area contributed by atoms with Gasteiger partial charge in [0, 0.05) is 24.1 Å². The topological polar surface area (TPSA) is 78.2 Å². The fourth-order valence-electron chi connectivity index (χ4n) is 3.01. The number of anilines is 1. The molecule has 0 aliphatic heterocycles. The number of hydrogen-bond acceptors (Lipinski definition) is 5. The van der Waals surface area contributed by atoms with Crippen molar-refractivity contribution in [2.24, 2.45) is 0 Å². The number of nitriles is 1. The summed E-state index contributed by atoms with van der Waals surface area (Å²) in [6.45, 7) is 0.758. The van der Waals surface area contributed by atoms with Gasteiger partial charge >= 0.3 is 0 Å². The van der Waals surface area contributed by atoms with Crippen LogP contribution >= 0.6 is 0 Å². The molecule has 2 N–H and O–H groups in total. The molecule has 0 unspecified atom stereocenters. The Kier molecular flexibility index (Phi) is 5.84. The van der Waals surface area contributed by atoms with Crippen molar-refractivity contribution in [3.8, 4) is 22.9 Å². The summed E-state index contributed by atoms with van der Waals surface area (Å²) >= 11 is 0. The minimum atomic E-state index is -0.376. The number of pyridine rings is 1. The first-order chi connectivity index (χ1) is 13.2. The van der Waals surface area contributed by atoms with Crippen molar-refractivity contribution in [3.05, 3.63) is 54.0 Å². The van der Waals surface area contributed by atoms with Gasteiger partial charge in [-0.15, -0.1) is 0 Å². The van der Waals surface area contributed by atoms with Gasteiger partial charge in [-0.2, -0.15) is 5.26 Å². The number of hydrogen-bond donors (Lipinski definition) is 2. The molecule has 0 aliphatic rings. The standard InChI is InChI=1S/C21H20FN3O2/c1-27-16-7-8-17-18(12-16)20(14-5-4-6-15(22)11-14)19(13-23)25-21(17)24-9-2-3-10-26/h4-8,11-12,26H,2-3,9-10H2,1H3,(H,24,25). The van der Waals surface area contributed by atoms with Crippen molar-refractivity contribution in [2.45, 2.75) is 12.8 Å². The second-order valence-corrected chi connectivity index (χ2v) is 6.08. The molecule has 2 aromatic carbocycles. The highest BCUT2D eigenvalue weighted by molar-refractivity contribution is 6.04. The van der Waals surface area contributed by atoms with E-state index >= 15 is 0 Å².